The summed E-state index contributed by atoms with van der Waals surface area (Å²) in [4.78, 5) is 0. The number of hydrogen-bond donors (Lipinski definition) is 1. The minimum Gasteiger partial charge on any atom is -0.486 e. The van der Waals surface area contributed by atoms with Crippen LogP contribution in [0.3, 0.4) is 0 Å². The second kappa shape index (κ2) is 5.04. The van der Waals surface area contributed by atoms with Crippen molar-refractivity contribution in [1.82, 2.24) is 0 Å². The summed E-state index contributed by atoms with van der Waals surface area (Å²) in [7, 11) is 0. The third kappa shape index (κ3) is 2.20. The Hall–Kier alpha value is -1.22. The molecule has 1 aromatic rings. The quantitative estimate of drug-likeness (QED) is 0.889. The number of hydrogen-bond acceptors (Lipinski definition) is 3. The average Bonchev–Trinajstić information content (AvgIpc) is 2.46. The Morgan fingerprint density at radius 2 is 1.84 bits per heavy atom. The molecule has 2 aliphatic rings. The van der Waals surface area contributed by atoms with Crippen molar-refractivity contribution in [3.8, 4) is 11.5 Å². The van der Waals surface area contributed by atoms with Crippen LogP contribution in [-0.4, -0.2) is 13.2 Å². The molecule has 1 aliphatic carbocycles. The van der Waals surface area contributed by atoms with Gasteiger partial charge in [-0.2, -0.15) is 0 Å². The highest BCUT2D eigenvalue weighted by atomic mass is 16.6. The molecule has 1 fully saturated rings. The van der Waals surface area contributed by atoms with Gasteiger partial charge in [0, 0.05) is 11.1 Å². The Morgan fingerprint density at radius 3 is 2.58 bits per heavy atom. The molecule has 0 atom stereocenters. The van der Waals surface area contributed by atoms with E-state index >= 15 is 0 Å². The standard InChI is InChI=1S/C16H23NO2/c1-2-12-13(16(17)8-4-3-5-9-16)6-7-14-15(12)19-11-10-18-14/h6-7H,2-5,8-11,17H2,1H3. The van der Waals surface area contributed by atoms with Crippen LogP contribution in [0.1, 0.15) is 50.2 Å². The van der Waals surface area contributed by atoms with Crippen LogP contribution in [0.5, 0.6) is 11.5 Å². The van der Waals surface area contributed by atoms with Gasteiger partial charge in [0.05, 0.1) is 0 Å². The second-order valence-corrected chi connectivity index (χ2v) is 5.69. The van der Waals surface area contributed by atoms with Gasteiger partial charge in [-0.1, -0.05) is 32.3 Å². The molecule has 0 unspecified atom stereocenters. The number of fused-ring (bicyclic) bond motifs is 1. The Bertz CT molecular complexity index is 464. The third-order valence-corrected chi connectivity index (χ3v) is 4.45. The molecule has 1 heterocycles. The van der Waals surface area contributed by atoms with Crippen molar-refractivity contribution in [1.29, 1.82) is 0 Å². The number of nitrogens with two attached hydrogens (primary N) is 1. The summed E-state index contributed by atoms with van der Waals surface area (Å²) in [6.07, 6.45) is 6.88. The van der Waals surface area contributed by atoms with E-state index in [4.69, 9.17) is 15.2 Å². The smallest absolute Gasteiger partial charge is 0.164 e. The summed E-state index contributed by atoms with van der Waals surface area (Å²) in [5, 5.41) is 0. The van der Waals surface area contributed by atoms with Gasteiger partial charge < -0.3 is 15.2 Å². The van der Waals surface area contributed by atoms with Crippen molar-refractivity contribution in [3.05, 3.63) is 23.3 Å². The molecule has 1 aromatic carbocycles. The zero-order valence-corrected chi connectivity index (χ0v) is 11.7. The molecule has 0 saturated heterocycles. The van der Waals surface area contributed by atoms with E-state index in [-0.39, 0.29) is 5.54 Å². The maximum Gasteiger partial charge on any atom is 0.164 e. The van der Waals surface area contributed by atoms with E-state index in [1.54, 1.807) is 0 Å². The maximum absolute atomic E-state index is 6.69. The highest BCUT2D eigenvalue weighted by molar-refractivity contribution is 5.53. The first kappa shape index (κ1) is 12.8. The third-order valence-electron chi connectivity index (χ3n) is 4.45. The van der Waals surface area contributed by atoms with E-state index in [2.05, 4.69) is 13.0 Å². The van der Waals surface area contributed by atoms with E-state index in [0.717, 1.165) is 30.8 Å². The monoisotopic (exact) mass is 261 g/mol. The molecular formula is C16H23NO2. The lowest BCUT2D eigenvalue weighted by Crippen LogP contribution is -2.39. The molecular weight excluding hydrogens is 238 g/mol. The first-order valence-electron chi connectivity index (χ1n) is 7.45. The Labute approximate surface area is 115 Å². The molecule has 104 valence electrons. The first-order valence-corrected chi connectivity index (χ1v) is 7.45. The topological polar surface area (TPSA) is 44.5 Å². The summed E-state index contributed by atoms with van der Waals surface area (Å²) in [5.74, 6) is 1.81. The molecule has 0 bridgehead atoms. The van der Waals surface area contributed by atoms with Crippen molar-refractivity contribution in [3.63, 3.8) is 0 Å². The van der Waals surface area contributed by atoms with E-state index < -0.39 is 0 Å². The largest absolute Gasteiger partial charge is 0.486 e. The lowest BCUT2D eigenvalue weighted by molar-refractivity contribution is 0.169. The van der Waals surface area contributed by atoms with Gasteiger partial charge in [-0.25, -0.2) is 0 Å². The van der Waals surface area contributed by atoms with Gasteiger partial charge in [-0.3, -0.25) is 0 Å². The predicted molar refractivity (Wildman–Crippen MR) is 75.8 cm³/mol. The minimum absolute atomic E-state index is 0.167. The van der Waals surface area contributed by atoms with Crippen LogP contribution < -0.4 is 15.2 Å². The van der Waals surface area contributed by atoms with Gasteiger partial charge in [0.1, 0.15) is 13.2 Å². The van der Waals surface area contributed by atoms with Crippen LogP contribution >= 0.6 is 0 Å². The van der Waals surface area contributed by atoms with Gasteiger partial charge in [0.25, 0.3) is 0 Å². The van der Waals surface area contributed by atoms with Crippen molar-refractivity contribution < 1.29 is 9.47 Å². The molecule has 1 saturated carbocycles. The van der Waals surface area contributed by atoms with Gasteiger partial charge in [-0.05, 0) is 30.9 Å². The van der Waals surface area contributed by atoms with Crippen LogP contribution in [-0.2, 0) is 12.0 Å². The Morgan fingerprint density at radius 1 is 1.11 bits per heavy atom. The number of rotatable bonds is 2. The first-order chi connectivity index (χ1) is 9.24. The fourth-order valence-electron chi connectivity index (χ4n) is 3.44. The zero-order chi connectivity index (χ0) is 13.3. The maximum atomic E-state index is 6.69. The molecule has 0 radical (unpaired) electrons. The minimum atomic E-state index is -0.167. The summed E-state index contributed by atoms with van der Waals surface area (Å²) in [5.41, 5.74) is 9.05. The summed E-state index contributed by atoms with van der Waals surface area (Å²) in [6, 6.07) is 4.20. The summed E-state index contributed by atoms with van der Waals surface area (Å²) >= 11 is 0. The molecule has 2 N–H and O–H groups in total. The Balaban J connectivity index is 2.05. The van der Waals surface area contributed by atoms with Crippen molar-refractivity contribution in [2.75, 3.05) is 13.2 Å². The van der Waals surface area contributed by atoms with Crippen LogP contribution in [0.2, 0.25) is 0 Å². The number of benzene rings is 1. The van der Waals surface area contributed by atoms with Gasteiger partial charge in [-0.15, -0.1) is 0 Å². The summed E-state index contributed by atoms with van der Waals surface area (Å²) in [6.45, 7) is 3.45. The van der Waals surface area contributed by atoms with E-state index in [1.807, 2.05) is 6.07 Å². The fourth-order valence-corrected chi connectivity index (χ4v) is 3.44. The molecule has 0 aromatic heterocycles. The van der Waals surface area contributed by atoms with Gasteiger partial charge >= 0.3 is 0 Å². The van der Waals surface area contributed by atoms with Crippen molar-refractivity contribution in [2.45, 2.75) is 51.0 Å². The van der Waals surface area contributed by atoms with Crippen molar-refractivity contribution >= 4 is 0 Å². The lowest BCUT2D eigenvalue weighted by Gasteiger charge is -2.36. The molecule has 3 rings (SSSR count). The van der Waals surface area contributed by atoms with Crippen LogP contribution in [0.15, 0.2) is 12.1 Å². The molecule has 19 heavy (non-hydrogen) atoms. The molecule has 0 amide bonds. The highest BCUT2D eigenvalue weighted by Crippen LogP contribution is 2.43. The van der Waals surface area contributed by atoms with Crippen molar-refractivity contribution in [2.24, 2.45) is 5.73 Å². The molecule has 3 nitrogen and oxygen atoms in total. The van der Waals surface area contributed by atoms with Crippen LogP contribution in [0.4, 0.5) is 0 Å². The van der Waals surface area contributed by atoms with Crippen LogP contribution in [0, 0.1) is 0 Å². The molecule has 1 aliphatic heterocycles. The second-order valence-electron chi connectivity index (χ2n) is 5.69. The fraction of sp³-hybridized carbons (Fsp3) is 0.625. The highest BCUT2D eigenvalue weighted by Gasteiger charge is 2.33. The van der Waals surface area contributed by atoms with Gasteiger partial charge in [0.15, 0.2) is 11.5 Å². The average molecular weight is 261 g/mol. The zero-order valence-electron chi connectivity index (χ0n) is 11.7. The Kier molecular flexibility index (Phi) is 3.40. The predicted octanol–water partition coefficient (Wildman–Crippen LogP) is 3.14. The van der Waals surface area contributed by atoms with E-state index in [1.165, 1.54) is 30.4 Å². The number of ether oxygens (including phenoxy) is 2. The lowest BCUT2D eigenvalue weighted by atomic mass is 9.75. The SMILES string of the molecule is CCc1c(C2(N)CCCCC2)ccc2c1OCCO2. The van der Waals surface area contributed by atoms with Gasteiger partial charge in [0.2, 0.25) is 0 Å². The summed E-state index contributed by atoms with van der Waals surface area (Å²) < 4.78 is 11.5. The van der Waals surface area contributed by atoms with E-state index in [9.17, 15) is 0 Å². The normalized spacial score (nSPS) is 21.2. The van der Waals surface area contributed by atoms with Crippen LogP contribution in [0.25, 0.3) is 0 Å². The molecule has 3 heteroatoms. The van der Waals surface area contributed by atoms with E-state index in [0.29, 0.717) is 13.2 Å². The molecule has 0 spiro atoms.